The highest BCUT2D eigenvalue weighted by atomic mass is 16.6. The number of benzene rings is 1. The lowest BCUT2D eigenvalue weighted by Gasteiger charge is -1.91. The first-order valence-corrected chi connectivity index (χ1v) is 4.12. The molecule has 0 spiro atoms. The number of carbonyl (C=O) groups is 1. The summed E-state index contributed by atoms with van der Waals surface area (Å²) in [4.78, 5) is 13.5. The number of carbonyl (C=O) groups excluding carboxylic acids is 1. The molecule has 2 rings (SSSR count). The first kappa shape index (κ1) is 8.74. The number of epoxide rings is 1. The second-order valence-electron chi connectivity index (χ2n) is 2.92. The van der Waals surface area contributed by atoms with Gasteiger partial charge in [0.1, 0.15) is 6.10 Å². The smallest absolute Gasteiger partial charge is 0.250 e. The average Bonchev–Trinajstić information content (AvgIpc) is 2.99. The van der Waals surface area contributed by atoms with Crippen LogP contribution in [0.15, 0.2) is 35.4 Å². The Hall–Kier alpha value is -1.84. The zero-order chi connectivity index (χ0) is 9.97. The fraction of sp³-hybridized carbons (Fsp3) is 0.222. The van der Waals surface area contributed by atoms with Crippen molar-refractivity contribution >= 4 is 5.91 Å². The third-order valence-electron chi connectivity index (χ3n) is 2.01. The van der Waals surface area contributed by atoms with E-state index in [1.54, 1.807) is 0 Å². The van der Waals surface area contributed by atoms with Crippen molar-refractivity contribution in [3.63, 3.8) is 0 Å². The van der Waals surface area contributed by atoms with E-state index < -0.39 is 12.0 Å². The van der Waals surface area contributed by atoms with Crippen LogP contribution in [0.4, 0.5) is 0 Å². The molecule has 1 saturated heterocycles. The molecule has 2 atom stereocenters. The van der Waals surface area contributed by atoms with Gasteiger partial charge in [0, 0.05) is 4.91 Å². The van der Waals surface area contributed by atoms with Gasteiger partial charge in [-0.15, -0.1) is 0 Å². The van der Waals surface area contributed by atoms with Crippen LogP contribution in [-0.2, 0) is 9.53 Å². The van der Waals surface area contributed by atoms with E-state index in [-0.39, 0.29) is 6.10 Å². The molecule has 0 saturated carbocycles. The van der Waals surface area contributed by atoms with E-state index in [4.69, 9.17) is 10.3 Å². The molecule has 14 heavy (non-hydrogen) atoms. The van der Waals surface area contributed by atoms with Gasteiger partial charge in [0.05, 0.1) is 0 Å². The lowest BCUT2D eigenvalue weighted by atomic mass is 10.1. The summed E-state index contributed by atoms with van der Waals surface area (Å²) >= 11 is 0. The SMILES string of the molecule is [N-]=[N+]=NC(=O)C1OC1c1ccccc1. The summed E-state index contributed by atoms with van der Waals surface area (Å²) in [6, 6.07) is 9.36. The second kappa shape index (κ2) is 3.49. The van der Waals surface area contributed by atoms with Gasteiger partial charge in [-0.3, -0.25) is 4.79 Å². The molecule has 1 aromatic carbocycles. The van der Waals surface area contributed by atoms with Crippen LogP contribution in [0.5, 0.6) is 0 Å². The highest BCUT2D eigenvalue weighted by Gasteiger charge is 2.45. The Balaban J connectivity index is 2.07. The number of hydrogen-bond donors (Lipinski definition) is 0. The fourth-order valence-corrected chi connectivity index (χ4v) is 1.30. The number of rotatable bonds is 2. The van der Waals surface area contributed by atoms with Gasteiger partial charge < -0.3 is 4.74 Å². The molecule has 0 aromatic heterocycles. The fourth-order valence-electron chi connectivity index (χ4n) is 1.30. The zero-order valence-corrected chi connectivity index (χ0v) is 7.20. The molecule has 0 aliphatic carbocycles. The van der Waals surface area contributed by atoms with E-state index >= 15 is 0 Å². The Morgan fingerprint density at radius 3 is 2.79 bits per heavy atom. The number of nitrogens with zero attached hydrogens (tertiary/aromatic N) is 3. The molecule has 5 heteroatoms. The molecule has 1 aliphatic rings. The Morgan fingerprint density at radius 1 is 1.43 bits per heavy atom. The van der Waals surface area contributed by atoms with Gasteiger partial charge in [-0.05, 0) is 16.2 Å². The van der Waals surface area contributed by atoms with Crippen LogP contribution < -0.4 is 0 Å². The van der Waals surface area contributed by atoms with Crippen LogP contribution in [0.25, 0.3) is 10.4 Å². The Bertz CT molecular complexity index is 398. The summed E-state index contributed by atoms with van der Waals surface area (Å²) in [5.41, 5.74) is 8.98. The largest absolute Gasteiger partial charge is 0.356 e. The zero-order valence-electron chi connectivity index (χ0n) is 7.20. The number of azide groups is 1. The van der Waals surface area contributed by atoms with Gasteiger partial charge in [-0.1, -0.05) is 30.3 Å². The highest BCUT2D eigenvalue weighted by Crippen LogP contribution is 2.39. The lowest BCUT2D eigenvalue weighted by molar-refractivity contribution is -0.119. The molecule has 1 aromatic rings. The predicted octanol–water partition coefficient (Wildman–Crippen LogP) is 1.96. The topological polar surface area (TPSA) is 78.4 Å². The summed E-state index contributed by atoms with van der Waals surface area (Å²) < 4.78 is 5.10. The molecule has 1 amide bonds. The minimum absolute atomic E-state index is 0.241. The Morgan fingerprint density at radius 2 is 2.14 bits per heavy atom. The molecule has 1 aliphatic heterocycles. The Kier molecular flexibility index (Phi) is 2.18. The number of ether oxygens (including phenoxy) is 1. The van der Waals surface area contributed by atoms with Crippen molar-refractivity contribution in [3.8, 4) is 0 Å². The van der Waals surface area contributed by atoms with E-state index in [1.807, 2.05) is 30.3 Å². The van der Waals surface area contributed by atoms with E-state index in [0.717, 1.165) is 5.56 Å². The van der Waals surface area contributed by atoms with Crippen LogP contribution in [-0.4, -0.2) is 12.0 Å². The first-order chi connectivity index (χ1) is 6.83. The van der Waals surface area contributed by atoms with Gasteiger partial charge in [-0.25, -0.2) is 0 Å². The van der Waals surface area contributed by atoms with Gasteiger partial charge in [-0.2, -0.15) is 0 Å². The highest BCUT2D eigenvalue weighted by molar-refractivity contribution is 5.84. The van der Waals surface area contributed by atoms with Crippen LogP contribution in [0.1, 0.15) is 11.7 Å². The number of hydrogen-bond acceptors (Lipinski definition) is 2. The molecular formula is C9H7N3O2. The van der Waals surface area contributed by atoms with E-state index in [1.165, 1.54) is 0 Å². The van der Waals surface area contributed by atoms with Crippen LogP contribution in [0.3, 0.4) is 0 Å². The van der Waals surface area contributed by atoms with Crippen molar-refractivity contribution in [2.75, 3.05) is 0 Å². The van der Waals surface area contributed by atoms with Gasteiger partial charge in [0.15, 0.2) is 6.10 Å². The molecule has 1 fully saturated rings. The van der Waals surface area contributed by atoms with Gasteiger partial charge in [0.25, 0.3) is 5.91 Å². The monoisotopic (exact) mass is 189 g/mol. The van der Waals surface area contributed by atoms with Crippen molar-refractivity contribution in [1.82, 2.24) is 0 Å². The first-order valence-electron chi connectivity index (χ1n) is 4.12. The maximum atomic E-state index is 11.0. The van der Waals surface area contributed by atoms with E-state index in [0.29, 0.717) is 0 Å². The quantitative estimate of drug-likeness (QED) is 0.308. The molecule has 0 radical (unpaired) electrons. The molecule has 5 nitrogen and oxygen atoms in total. The summed E-state index contributed by atoms with van der Waals surface area (Å²) in [7, 11) is 0. The van der Waals surface area contributed by atoms with E-state index in [2.05, 4.69) is 10.0 Å². The molecule has 0 bridgehead atoms. The summed E-state index contributed by atoms with van der Waals surface area (Å²) in [5, 5.41) is 2.98. The Labute approximate surface area is 79.9 Å². The summed E-state index contributed by atoms with van der Waals surface area (Å²) in [6.45, 7) is 0. The standard InChI is InChI=1S/C9H7N3O2/c10-12-11-9(13)8-7(14-8)6-4-2-1-3-5-6/h1-5,7-8H. The molecule has 70 valence electrons. The summed E-state index contributed by atoms with van der Waals surface area (Å²) in [6.07, 6.45) is -0.831. The van der Waals surface area contributed by atoms with Crippen LogP contribution in [0, 0.1) is 0 Å². The van der Waals surface area contributed by atoms with Gasteiger partial charge >= 0.3 is 0 Å². The van der Waals surface area contributed by atoms with Crippen molar-refractivity contribution in [2.45, 2.75) is 12.2 Å². The van der Waals surface area contributed by atoms with Crippen molar-refractivity contribution in [3.05, 3.63) is 46.3 Å². The molecular weight excluding hydrogens is 182 g/mol. The minimum atomic E-state index is -0.590. The normalized spacial score (nSPS) is 23.7. The molecule has 2 unspecified atom stereocenters. The maximum absolute atomic E-state index is 11.0. The lowest BCUT2D eigenvalue weighted by Crippen LogP contribution is -2.02. The summed E-state index contributed by atoms with van der Waals surface area (Å²) in [5.74, 6) is -0.554. The third-order valence-corrected chi connectivity index (χ3v) is 2.01. The second-order valence-corrected chi connectivity index (χ2v) is 2.92. The minimum Gasteiger partial charge on any atom is -0.356 e. The van der Waals surface area contributed by atoms with Gasteiger partial charge in [0.2, 0.25) is 0 Å². The van der Waals surface area contributed by atoms with Crippen molar-refractivity contribution < 1.29 is 9.53 Å². The third kappa shape index (κ3) is 1.59. The number of amides is 1. The maximum Gasteiger partial charge on any atom is 0.250 e. The van der Waals surface area contributed by atoms with Crippen LogP contribution >= 0.6 is 0 Å². The molecule has 1 heterocycles. The molecule has 0 N–H and O–H groups in total. The van der Waals surface area contributed by atoms with Crippen molar-refractivity contribution in [2.24, 2.45) is 5.11 Å². The predicted molar refractivity (Wildman–Crippen MR) is 48.2 cm³/mol. The average molecular weight is 189 g/mol. The van der Waals surface area contributed by atoms with E-state index in [9.17, 15) is 4.79 Å². The van der Waals surface area contributed by atoms with Crippen LogP contribution in [0.2, 0.25) is 0 Å². The van der Waals surface area contributed by atoms with Crippen molar-refractivity contribution in [1.29, 1.82) is 0 Å².